The number of hydrogen-bond acceptors (Lipinski definition) is 4. The molecule has 0 saturated heterocycles. The van der Waals surface area contributed by atoms with Crippen molar-refractivity contribution in [3.8, 4) is 0 Å². The highest BCUT2D eigenvalue weighted by atomic mass is 16.1. The van der Waals surface area contributed by atoms with Crippen LogP contribution in [0.25, 0.3) is 0 Å². The molecule has 2 rings (SSSR count). The van der Waals surface area contributed by atoms with Gasteiger partial charge in [-0.25, -0.2) is 9.97 Å². The van der Waals surface area contributed by atoms with Crippen LogP contribution in [0.15, 0.2) is 36.5 Å². The van der Waals surface area contributed by atoms with E-state index >= 15 is 0 Å². The first-order chi connectivity index (χ1) is 11.0. The fraction of sp³-hybridized carbons (Fsp3) is 0.389. The second-order valence-electron chi connectivity index (χ2n) is 5.93. The van der Waals surface area contributed by atoms with E-state index in [1.807, 2.05) is 36.9 Å². The quantitative estimate of drug-likeness (QED) is 0.889. The van der Waals surface area contributed by atoms with E-state index in [0.29, 0.717) is 24.1 Å². The lowest BCUT2D eigenvalue weighted by Crippen LogP contribution is -2.29. The van der Waals surface area contributed by atoms with Gasteiger partial charge in [-0.3, -0.25) is 4.79 Å². The van der Waals surface area contributed by atoms with E-state index in [1.54, 1.807) is 12.3 Å². The van der Waals surface area contributed by atoms with Crippen LogP contribution in [-0.2, 0) is 0 Å². The fourth-order valence-electron chi connectivity index (χ4n) is 2.23. The number of carbonyl (C=O) groups is 1. The fourth-order valence-corrected chi connectivity index (χ4v) is 2.23. The molecule has 0 aliphatic carbocycles. The number of rotatable bonds is 6. The Bertz CT molecular complexity index is 670. The molecule has 1 heterocycles. The zero-order valence-electron chi connectivity index (χ0n) is 14.2. The van der Waals surface area contributed by atoms with Gasteiger partial charge >= 0.3 is 0 Å². The largest absolute Gasteiger partial charge is 0.350 e. The lowest BCUT2D eigenvalue weighted by molar-refractivity contribution is 0.0944. The van der Waals surface area contributed by atoms with Crippen LogP contribution in [0.4, 0.5) is 11.6 Å². The first-order valence-corrected chi connectivity index (χ1v) is 7.96. The van der Waals surface area contributed by atoms with Gasteiger partial charge < -0.3 is 10.2 Å². The Kier molecular flexibility index (Phi) is 5.68. The van der Waals surface area contributed by atoms with Crippen molar-refractivity contribution in [1.82, 2.24) is 15.3 Å². The van der Waals surface area contributed by atoms with Gasteiger partial charge in [0.05, 0.1) is 0 Å². The average molecular weight is 312 g/mol. The number of nitrogens with zero attached hydrogens (tertiary/aromatic N) is 3. The van der Waals surface area contributed by atoms with Gasteiger partial charge in [0.25, 0.3) is 5.91 Å². The Morgan fingerprint density at radius 3 is 2.74 bits per heavy atom. The summed E-state index contributed by atoms with van der Waals surface area (Å²) in [6.45, 7) is 9.56. The van der Waals surface area contributed by atoms with Crippen molar-refractivity contribution in [2.24, 2.45) is 5.92 Å². The van der Waals surface area contributed by atoms with E-state index in [-0.39, 0.29) is 5.91 Å². The van der Waals surface area contributed by atoms with Gasteiger partial charge in [-0.15, -0.1) is 0 Å². The zero-order chi connectivity index (χ0) is 16.8. The predicted molar refractivity (Wildman–Crippen MR) is 93.1 cm³/mol. The van der Waals surface area contributed by atoms with Gasteiger partial charge in [0.1, 0.15) is 5.69 Å². The van der Waals surface area contributed by atoms with Crippen molar-refractivity contribution in [2.45, 2.75) is 27.7 Å². The van der Waals surface area contributed by atoms with E-state index < -0.39 is 0 Å². The second-order valence-corrected chi connectivity index (χ2v) is 5.93. The summed E-state index contributed by atoms with van der Waals surface area (Å²) in [5, 5.41) is 2.88. The summed E-state index contributed by atoms with van der Waals surface area (Å²) >= 11 is 0. The van der Waals surface area contributed by atoms with Crippen molar-refractivity contribution in [3.05, 3.63) is 47.8 Å². The SMILES string of the molecule is CCN(c1cccc(C)c1)c1nccc(C(=O)NCC(C)C)n1. The summed E-state index contributed by atoms with van der Waals surface area (Å²) < 4.78 is 0. The minimum atomic E-state index is -0.164. The molecule has 1 amide bonds. The van der Waals surface area contributed by atoms with Crippen LogP contribution in [0.1, 0.15) is 36.8 Å². The number of anilines is 2. The van der Waals surface area contributed by atoms with Crippen LogP contribution < -0.4 is 10.2 Å². The summed E-state index contributed by atoms with van der Waals surface area (Å²) in [6, 6.07) is 9.80. The highest BCUT2D eigenvalue weighted by Gasteiger charge is 2.14. The Morgan fingerprint density at radius 2 is 2.09 bits per heavy atom. The summed E-state index contributed by atoms with van der Waals surface area (Å²) in [5.41, 5.74) is 2.58. The van der Waals surface area contributed by atoms with Crippen LogP contribution in [0.2, 0.25) is 0 Å². The Labute approximate surface area is 137 Å². The standard InChI is InChI=1S/C18H24N4O/c1-5-22(15-8-6-7-14(4)11-15)18-19-10-9-16(21-18)17(23)20-12-13(2)3/h6-11,13H,5,12H2,1-4H3,(H,20,23). The van der Waals surface area contributed by atoms with Crippen molar-refractivity contribution in [2.75, 3.05) is 18.0 Å². The zero-order valence-corrected chi connectivity index (χ0v) is 14.2. The van der Waals surface area contributed by atoms with Gasteiger partial charge in [0, 0.05) is 25.0 Å². The van der Waals surface area contributed by atoms with Crippen molar-refractivity contribution >= 4 is 17.5 Å². The van der Waals surface area contributed by atoms with Crippen LogP contribution in [0, 0.1) is 12.8 Å². The second kappa shape index (κ2) is 7.72. The van der Waals surface area contributed by atoms with Crippen LogP contribution in [0.3, 0.4) is 0 Å². The molecule has 0 radical (unpaired) electrons. The number of amides is 1. The molecule has 0 bridgehead atoms. The minimum absolute atomic E-state index is 0.164. The summed E-state index contributed by atoms with van der Waals surface area (Å²) in [4.78, 5) is 22.9. The molecule has 0 aliphatic rings. The topological polar surface area (TPSA) is 58.1 Å². The van der Waals surface area contributed by atoms with Gasteiger partial charge in [-0.05, 0) is 43.5 Å². The molecule has 2 aromatic rings. The van der Waals surface area contributed by atoms with E-state index in [9.17, 15) is 4.79 Å². The number of carbonyl (C=O) groups excluding carboxylic acids is 1. The first-order valence-electron chi connectivity index (χ1n) is 7.96. The molecule has 0 saturated carbocycles. The molecule has 1 aromatic carbocycles. The third-order valence-electron chi connectivity index (χ3n) is 3.42. The Hall–Kier alpha value is -2.43. The molecular formula is C18H24N4O. The maximum absolute atomic E-state index is 12.2. The van der Waals surface area contributed by atoms with Crippen LogP contribution in [0.5, 0.6) is 0 Å². The number of aromatic nitrogens is 2. The summed E-state index contributed by atoms with van der Waals surface area (Å²) in [7, 11) is 0. The lowest BCUT2D eigenvalue weighted by atomic mass is 10.2. The number of aryl methyl sites for hydroxylation is 1. The van der Waals surface area contributed by atoms with Gasteiger partial charge in [0.2, 0.25) is 5.95 Å². The molecule has 0 spiro atoms. The smallest absolute Gasteiger partial charge is 0.270 e. The summed E-state index contributed by atoms with van der Waals surface area (Å²) in [6.07, 6.45) is 1.63. The molecule has 5 heteroatoms. The molecule has 5 nitrogen and oxygen atoms in total. The van der Waals surface area contributed by atoms with Gasteiger partial charge in [0.15, 0.2) is 0 Å². The molecule has 0 atom stereocenters. The maximum atomic E-state index is 12.2. The molecule has 0 fully saturated rings. The number of hydrogen-bond donors (Lipinski definition) is 1. The molecule has 1 N–H and O–H groups in total. The molecule has 1 aromatic heterocycles. The predicted octanol–water partition coefficient (Wildman–Crippen LogP) is 3.33. The van der Waals surface area contributed by atoms with Gasteiger partial charge in [-0.2, -0.15) is 0 Å². The van der Waals surface area contributed by atoms with Crippen LogP contribution >= 0.6 is 0 Å². The van der Waals surface area contributed by atoms with Crippen molar-refractivity contribution < 1.29 is 4.79 Å². The lowest BCUT2D eigenvalue weighted by Gasteiger charge is -2.21. The normalized spacial score (nSPS) is 10.7. The monoisotopic (exact) mass is 312 g/mol. The number of nitrogens with one attached hydrogen (secondary N) is 1. The summed E-state index contributed by atoms with van der Waals surface area (Å²) in [5.74, 6) is 0.776. The van der Waals surface area contributed by atoms with Crippen molar-refractivity contribution in [3.63, 3.8) is 0 Å². The molecule has 122 valence electrons. The molecule has 0 aliphatic heterocycles. The highest BCUT2D eigenvalue weighted by molar-refractivity contribution is 5.92. The Morgan fingerprint density at radius 1 is 1.30 bits per heavy atom. The highest BCUT2D eigenvalue weighted by Crippen LogP contribution is 2.22. The van der Waals surface area contributed by atoms with E-state index in [1.165, 1.54) is 5.56 Å². The van der Waals surface area contributed by atoms with Crippen molar-refractivity contribution in [1.29, 1.82) is 0 Å². The first kappa shape index (κ1) is 16.9. The maximum Gasteiger partial charge on any atom is 0.270 e. The third kappa shape index (κ3) is 4.52. The van der Waals surface area contributed by atoms with E-state index in [0.717, 1.165) is 12.2 Å². The van der Waals surface area contributed by atoms with Gasteiger partial charge in [-0.1, -0.05) is 26.0 Å². The van der Waals surface area contributed by atoms with E-state index in [2.05, 4.69) is 35.2 Å². The minimum Gasteiger partial charge on any atom is -0.350 e. The Balaban J connectivity index is 2.25. The molecule has 0 unspecified atom stereocenters. The number of benzene rings is 1. The molecular weight excluding hydrogens is 288 g/mol. The third-order valence-corrected chi connectivity index (χ3v) is 3.42. The average Bonchev–Trinajstić information content (AvgIpc) is 2.53. The van der Waals surface area contributed by atoms with Crippen LogP contribution in [-0.4, -0.2) is 29.0 Å². The van der Waals surface area contributed by atoms with E-state index in [4.69, 9.17) is 0 Å². The molecule has 23 heavy (non-hydrogen) atoms.